The second kappa shape index (κ2) is 4.82. The number of hydrogen-bond acceptors (Lipinski definition) is 3. The molecule has 0 saturated carbocycles. The highest BCUT2D eigenvalue weighted by molar-refractivity contribution is 7.86. The Morgan fingerprint density at radius 1 is 1.15 bits per heavy atom. The van der Waals surface area contributed by atoms with E-state index in [2.05, 4.69) is 6.58 Å². The largest absolute Gasteiger partial charge is 0.338 e. The summed E-state index contributed by atoms with van der Waals surface area (Å²) in [6.45, 7) is 6.59. The van der Waals surface area contributed by atoms with Gasteiger partial charge in [-0.25, -0.2) is 0 Å². The first-order valence-corrected chi connectivity index (χ1v) is 8.35. The van der Waals surface area contributed by atoms with Gasteiger partial charge in [-0.3, -0.25) is 4.79 Å². The molecule has 0 atom stereocenters. The minimum absolute atomic E-state index is 0.0422. The fraction of sp³-hybridized carbons (Fsp3) is 0.769. The predicted octanol–water partition coefficient (Wildman–Crippen LogP) is 0.0473. The normalized spacial score (nSPS) is 28.6. The van der Waals surface area contributed by atoms with E-state index in [1.807, 2.05) is 0 Å². The fourth-order valence-corrected chi connectivity index (χ4v) is 5.11. The zero-order chi connectivity index (χ0) is 15.3. The van der Waals surface area contributed by atoms with Crippen LogP contribution in [0.5, 0.6) is 0 Å². The first-order valence-electron chi connectivity index (χ1n) is 7.53. The van der Waals surface area contributed by atoms with Crippen LogP contribution in [0.4, 0.5) is 0 Å². The van der Waals surface area contributed by atoms with Crippen molar-refractivity contribution >= 4 is 16.1 Å². The number of carbonyl (C=O) groups is 1. The number of rotatable bonds is 3. The van der Waals surface area contributed by atoms with Gasteiger partial charge in [0.1, 0.15) is 0 Å². The van der Waals surface area contributed by atoms with Crippen molar-refractivity contribution in [2.24, 2.45) is 5.41 Å². The maximum Gasteiger partial charge on any atom is 0.282 e. The first kappa shape index (κ1) is 12.8. The van der Waals surface area contributed by atoms with Crippen molar-refractivity contribution in [1.29, 1.82) is 0 Å². The molecule has 0 aliphatic carbocycles. The van der Waals surface area contributed by atoms with Crippen LogP contribution in [0.3, 0.4) is 0 Å². The maximum absolute atomic E-state index is 12.5. The van der Waals surface area contributed by atoms with Gasteiger partial charge in [-0.05, 0) is 18.9 Å². The Labute approximate surface area is 121 Å². The van der Waals surface area contributed by atoms with Crippen LogP contribution in [0.2, 0.25) is 0 Å². The maximum atomic E-state index is 12.5. The summed E-state index contributed by atoms with van der Waals surface area (Å²) >= 11 is 0. The molecular formula is C13H21N3O3S. The van der Waals surface area contributed by atoms with Crippen molar-refractivity contribution in [3.05, 3.63) is 12.7 Å². The van der Waals surface area contributed by atoms with Crippen molar-refractivity contribution in [2.75, 3.05) is 39.3 Å². The van der Waals surface area contributed by atoms with E-state index in [1.54, 1.807) is 4.90 Å². The summed E-state index contributed by atoms with van der Waals surface area (Å²) in [5.74, 6) is -0.0838. The molecule has 3 fully saturated rings. The lowest BCUT2D eigenvalue weighted by atomic mass is 9.74. The van der Waals surface area contributed by atoms with Crippen LogP contribution in [0, 0.1) is 5.41 Å². The highest BCUT2D eigenvalue weighted by atomic mass is 32.2. The van der Waals surface area contributed by atoms with Crippen LogP contribution in [-0.2, 0) is 15.0 Å². The molecule has 3 aliphatic heterocycles. The number of piperidine rings is 1. The van der Waals surface area contributed by atoms with Crippen LogP contribution >= 0.6 is 0 Å². The van der Waals surface area contributed by atoms with Gasteiger partial charge in [0.15, 0.2) is 0 Å². The second-order valence-corrected chi connectivity index (χ2v) is 7.87. The van der Waals surface area contributed by atoms with Crippen molar-refractivity contribution in [2.45, 2.75) is 19.2 Å². The molecule has 3 aliphatic rings. The molecule has 112 valence electrons. The fourth-order valence-electron chi connectivity index (χ4n) is 3.23. The average molecular weight is 300 g/mol. The van der Waals surface area contributed by atoms with E-state index in [0.717, 1.165) is 0 Å². The third kappa shape index (κ3) is 2.17. The molecule has 0 aromatic rings. The number of hydrogen-bond donors (Lipinski definition) is 0. The molecule has 6 nitrogen and oxygen atoms in total. The van der Waals surface area contributed by atoms with Crippen LogP contribution < -0.4 is 0 Å². The summed E-state index contributed by atoms with van der Waals surface area (Å²) in [5.41, 5.74) is -0.0422. The third-order valence-corrected chi connectivity index (χ3v) is 6.31. The minimum atomic E-state index is -3.38. The van der Waals surface area contributed by atoms with E-state index in [0.29, 0.717) is 52.1 Å². The summed E-state index contributed by atoms with van der Waals surface area (Å²) in [7, 11) is -3.38. The summed E-state index contributed by atoms with van der Waals surface area (Å²) in [6.07, 6.45) is 2.38. The zero-order valence-corrected chi connectivity index (χ0v) is 12.3. The second-order valence-electron chi connectivity index (χ2n) is 5.94. The third-order valence-electron chi connectivity index (χ3n) is 4.38. The average Bonchev–Trinajstić information content (AvgIpc) is 2.35. The van der Waals surface area contributed by atoms with Gasteiger partial charge in [0.05, 0.1) is 0 Å². The molecule has 0 radical (unpaired) electrons. The molecule has 0 bridgehead atoms. The number of nitrogens with zero attached hydrogens (tertiary/aromatic N) is 3. The van der Waals surface area contributed by atoms with Gasteiger partial charge >= 0.3 is 0 Å². The van der Waals surface area contributed by atoms with Crippen LogP contribution in [-0.4, -0.2) is 67.1 Å². The molecule has 0 aromatic carbocycles. The molecule has 0 N–H and O–H groups in total. The molecular weight excluding hydrogens is 278 g/mol. The molecule has 3 rings (SSSR count). The van der Waals surface area contributed by atoms with Gasteiger partial charge in [-0.15, -0.1) is 0 Å². The highest BCUT2D eigenvalue weighted by Gasteiger charge is 2.56. The van der Waals surface area contributed by atoms with Gasteiger partial charge in [0.25, 0.3) is 10.2 Å². The highest BCUT2D eigenvalue weighted by Crippen LogP contribution is 2.41. The standard InChI is InChI=1S/C13H21N3O3S/c1-2-12(17)14-8-13(9-14)10-16(11-13)20(18,19)15-6-4-3-5-7-15/h2H,1,3-11H2/i3D. The SMILES string of the molecule is [2H]C1CCN(S(=O)(=O)N2CC3(CN(C(=O)C=C)C3)C2)CC1. The number of likely N-dealkylation sites (tertiary alicyclic amines) is 1. The number of amides is 1. The van der Waals surface area contributed by atoms with Crippen molar-refractivity contribution in [3.8, 4) is 0 Å². The number of carbonyl (C=O) groups excluding carboxylic acids is 1. The predicted molar refractivity (Wildman–Crippen MR) is 75.1 cm³/mol. The zero-order valence-electron chi connectivity index (χ0n) is 12.5. The Morgan fingerprint density at radius 2 is 1.75 bits per heavy atom. The molecule has 0 aromatic heterocycles. The molecule has 0 unspecified atom stereocenters. The molecule has 20 heavy (non-hydrogen) atoms. The van der Waals surface area contributed by atoms with Gasteiger partial charge in [0.2, 0.25) is 5.91 Å². The first-order chi connectivity index (χ1) is 9.86. The summed E-state index contributed by atoms with van der Waals surface area (Å²) < 4.78 is 35.6. The summed E-state index contributed by atoms with van der Waals surface area (Å²) in [6, 6.07) is 0. The topological polar surface area (TPSA) is 60.9 Å². The molecule has 1 spiro atoms. The lowest BCUT2D eigenvalue weighted by Gasteiger charge is -2.59. The summed E-state index contributed by atoms with van der Waals surface area (Å²) in [4.78, 5) is 13.1. The van der Waals surface area contributed by atoms with E-state index in [-0.39, 0.29) is 17.7 Å². The Bertz CT molecular complexity index is 543. The van der Waals surface area contributed by atoms with Crippen LogP contribution in [0.15, 0.2) is 12.7 Å². The van der Waals surface area contributed by atoms with E-state index in [1.165, 1.54) is 14.7 Å². The molecule has 7 heteroatoms. The Balaban J connectivity index is 1.54. The van der Waals surface area contributed by atoms with Crippen molar-refractivity contribution < 1.29 is 14.6 Å². The molecule has 3 heterocycles. The Hall–Kier alpha value is -0.920. The molecule has 1 amide bonds. The Kier molecular flexibility index (Phi) is 3.08. The van der Waals surface area contributed by atoms with Crippen LogP contribution in [0.1, 0.15) is 20.6 Å². The Morgan fingerprint density at radius 3 is 2.30 bits per heavy atom. The van der Waals surface area contributed by atoms with E-state index < -0.39 is 10.2 Å². The monoisotopic (exact) mass is 300 g/mol. The lowest BCUT2D eigenvalue weighted by molar-refractivity contribution is -0.146. The minimum Gasteiger partial charge on any atom is -0.338 e. The summed E-state index contributed by atoms with van der Waals surface area (Å²) in [5, 5.41) is 0. The lowest BCUT2D eigenvalue weighted by Crippen LogP contribution is -2.74. The van der Waals surface area contributed by atoms with Gasteiger partial charge < -0.3 is 4.90 Å². The van der Waals surface area contributed by atoms with Gasteiger partial charge in [-0.2, -0.15) is 17.0 Å². The van der Waals surface area contributed by atoms with Gasteiger partial charge in [-0.1, -0.05) is 13.0 Å². The quantitative estimate of drug-likeness (QED) is 0.692. The van der Waals surface area contributed by atoms with Gasteiger partial charge in [0, 0.05) is 46.1 Å². The van der Waals surface area contributed by atoms with Crippen molar-refractivity contribution in [3.63, 3.8) is 0 Å². The smallest absolute Gasteiger partial charge is 0.282 e. The van der Waals surface area contributed by atoms with Crippen molar-refractivity contribution in [1.82, 2.24) is 13.5 Å². The molecule has 3 saturated heterocycles. The van der Waals surface area contributed by atoms with E-state index in [4.69, 9.17) is 1.37 Å². The van der Waals surface area contributed by atoms with E-state index >= 15 is 0 Å². The van der Waals surface area contributed by atoms with Crippen LogP contribution in [0.25, 0.3) is 0 Å². The van der Waals surface area contributed by atoms with E-state index in [9.17, 15) is 13.2 Å².